The lowest BCUT2D eigenvalue weighted by Gasteiger charge is -2.05. The van der Waals surface area contributed by atoms with Gasteiger partial charge in [-0.05, 0) is 26.0 Å². The number of esters is 1. The Bertz CT molecular complexity index is 326. The highest BCUT2D eigenvalue weighted by atomic mass is 16.5. The van der Waals surface area contributed by atoms with Gasteiger partial charge < -0.3 is 10.1 Å². The number of pyridine rings is 1. The second kappa shape index (κ2) is 6.01. The van der Waals surface area contributed by atoms with Gasteiger partial charge in [0, 0.05) is 6.54 Å². The summed E-state index contributed by atoms with van der Waals surface area (Å²) in [6.45, 7) is 5.02. The van der Waals surface area contributed by atoms with E-state index in [0.29, 0.717) is 6.61 Å². The molecule has 1 rings (SSSR count). The van der Waals surface area contributed by atoms with Gasteiger partial charge in [0.15, 0.2) is 0 Å². The lowest BCUT2D eigenvalue weighted by Crippen LogP contribution is -2.09. The summed E-state index contributed by atoms with van der Waals surface area (Å²) in [4.78, 5) is 15.5. The van der Waals surface area contributed by atoms with Crippen LogP contribution in [0, 0.1) is 0 Å². The van der Waals surface area contributed by atoms with E-state index < -0.39 is 0 Å². The number of aromatic nitrogens is 1. The molecule has 82 valence electrons. The summed E-state index contributed by atoms with van der Waals surface area (Å²) in [6, 6.07) is 5.56. The van der Waals surface area contributed by atoms with Crippen LogP contribution in [-0.4, -0.2) is 24.1 Å². The van der Waals surface area contributed by atoms with E-state index in [1.54, 1.807) is 6.92 Å². The molecule has 0 aromatic carbocycles. The van der Waals surface area contributed by atoms with Crippen molar-refractivity contribution < 1.29 is 9.53 Å². The van der Waals surface area contributed by atoms with Crippen molar-refractivity contribution in [3.63, 3.8) is 0 Å². The molecule has 4 nitrogen and oxygen atoms in total. The van der Waals surface area contributed by atoms with Gasteiger partial charge in [0.1, 0.15) is 5.82 Å². The maximum atomic E-state index is 11.2. The van der Waals surface area contributed by atoms with Crippen LogP contribution in [0.2, 0.25) is 0 Å². The molecule has 0 fully saturated rings. The second-order valence-electron chi connectivity index (χ2n) is 3.03. The van der Waals surface area contributed by atoms with E-state index in [1.807, 2.05) is 25.1 Å². The predicted octanol–water partition coefficient (Wildman–Crippen LogP) is 1.62. The maximum Gasteiger partial charge on any atom is 0.311 e. The fourth-order valence-corrected chi connectivity index (χ4v) is 1.22. The van der Waals surface area contributed by atoms with E-state index in [-0.39, 0.29) is 12.4 Å². The first-order chi connectivity index (χ1) is 7.26. The number of rotatable bonds is 5. The Morgan fingerprint density at radius 2 is 2.27 bits per heavy atom. The highest BCUT2D eigenvalue weighted by Crippen LogP contribution is 2.05. The zero-order chi connectivity index (χ0) is 11.1. The van der Waals surface area contributed by atoms with Gasteiger partial charge in [-0.2, -0.15) is 0 Å². The number of carbonyl (C=O) groups excluding carboxylic acids is 1. The van der Waals surface area contributed by atoms with Gasteiger partial charge in [0.25, 0.3) is 0 Å². The molecule has 0 bridgehead atoms. The van der Waals surface area contributed by atoms with Crippen LogP contribution in [-0.2, 0) is 16.0 Å². The average Bonchev–Trinajstić information content (AvgIpc) is 2.19. The zero-order valence-electron chi connectivity index (χ0n) is 9.12. The summed E-state index contributed by atoms with van der Waals surface area (Å²) in [5.74, 6) is 0.554. The Morgan fingerprint density at radius 1 is 1.47 bits per heavy atom. The topological polar surface area (TPSA) is 51.2 Å². The highest BCUT2D eigenvalue weighted by molar-refractivity contribution is 5.72. The Labute approximate surface area is 89.7 Å². The third-order valence-electron chi connectivity index (χ3n) is 1.80. The molecule has 0 saturated heterocycles. The van der Waals surface area contributed by atoms with E-state index in [2.05, 4.69) is 10.3 Å². The Hall–Kier alpha value is -1.58. The lowest BCUT2D eigenvalue weighted by atomic mass is 10.2. The molecule has 1 heterocycles. The molecule has 0 amide bonds. The van der Waals surface area contributed by atoms with Crippen molar-refractivity contribution in [3.8, 4) is 0 Å². The van der Waals surface area contributed by atoms with Gasteiger partial charge in [-0.3, -0.25) is 4.79 Å². The summed E-state index contributed by atoms with van der Waals surface area (Å²) in [7, 11) is 0. The van der Waals surface area contributed by atoms with E-state index in [1.165, 1.54) is 0 Å². The first-order valence-corrected chi connectivity index (χ1v) is 5.11. The molecule has 15 heavy (non-hydrogen) atoms. The summed E-state index contributed by atoms with van der Waals surface area (Å²) in [6.07, 6.45) is 0.229. The summed E-state index contributed by atoms with van der Waals surface area (Å²) in [5.41, 5.74) is 0.729. The van der Waals surface area contributed by atoms with Crippen LogP contribution in [0.5, 0.6) is 0 Å². The van der Waals surface area contributed by atoms with Crippen LogP contribution in [0.15, 0.2) is 18.2 Å². The van der Waals surface area contributed by atoms with Crippen LogP contribution in [0.25, 0.3) is 0 Å². The van der Waals surface area contributed by atoms with E-state index >= 15 is 0 Å². The van der Waals surface area contributed by atoms with Crippen LogP contribution in [0.3, 0.4) is 0 Å². The molecular formula is C11H16N2O2. The molecule has 1 N–H and O–H groups in total. The van der Waals surface area contributed by atoms with Gasteiger partial charge in [0.05, 0.1) is 18.7 Å². The van der Waals surface area contributed by atoms with Crippen molar-refractivity contribution in [2.45, 2.75) is 20.3 Å². The summed E-state index contributed by atoms with van der Waals surface area (Å²) < 4.78 is 4.85. The Balaban J connectivity index is 2.60. The van der Waals surface area contributed by atoms with Gasteiger partial charge in [-0.15, -0.1) is 0 Å². The van der Waals surface area contributed by atoms with Crippen molar-refractivity contribution >= 4 is 11.8 Å². The molecule has 4 heteroatoms. The molecule has 1 aromatic rings. The van der Waals surface area contributed by atoms with Crippen molar-refractivity contribution in [2.24, 2.45) is 0 Å². The standard InChI is InChI=1S/C11H16N2O2/c1-3-12-10-7-5-6-9(13-10)8-11(14)15-4-2/h5-7H,3-4,8H2,1-2H3,(H,12,13). The van der Waals surface area contributed by atoms with Crippen LogP contribution < -0.4 is 5.32 Å². The third kappa shape index (κ3) is 3.97. The van der Waals surface area contributed by atoms with Crippen molar-refractivity contribution in [1.29, 1.82) is 0 Å². The molecule has 0 aliphatic carbocycles. The third-order valence-corrected chi connectivity index (χ3v) is 1.80. The number of hydrogen-bond acceptors (Lipinski definition) is 4. The van der Waals surface area contributed by atoms with Crippen molar-refractivity contribution in [3.05, 3.63) is 23.9 Å². The number of carbonyl (C=O) groups is 1. The van der Waals surface area contributed by atoms with Gasteiger partial charge in [-0.1, -0.05) is 6.07 Å². The van der Waals surface area contributed by atoms with Crippen LogP contribution >= 0.6 is 0 Å². The number of nitrogens with zero attached hydrogens (tertiary/aromatic N) is 1. The largest absolute Gasteiger partial charge is 0.466 e. The normalized spacial score (nSPS) is 9.73. The highest BCUT2D eigenvalue weighted by Gasteiger charge is 2.05. The molecular weight excluding hydrogens is 192 g/mol. The molecule has 0 saturated carbocycles. The smallest absolute Gasteiger partial charge is 0.311 e. The van der Waals surface area contributed by atoms with Crippen molar-refractivity contribution in [1.82, 2.24) is 4.98 Å². The number of ether oxygens (including phenoxy) is 1. The lowest BCUT2D eigenvalue weighted by molar-refractivity contribution is -0.142. The minimum atomic E-state index is -0.237. The fourth-order valence-electron chi connectivity index (χ4n) is 1.22. The van der Waals surface area contributed by atoms with Crippen LogP contribution in [0.1, 0.15) is 19.5 Å². The summed E-state index contributed by atoms with van der Waals surface area (Å²) in [5, 5.41) is 3.09. The van der Waals surface area contributed by atoms with Crippen molar-refractivity contribution in [2.75, 3.05) is 18.5 Å². The molecule has 0 aliphatic heterocycles. The quantitative estimate of drug-likeness (QED) is 0.747. The number of anilines is 1. The van der Waals surface area contributed by atoms with Gasteiger partial charge >= 0.3 is 5.97 Å². The van der Waals surface area contributed by atoms with Gasteiger partial charge in [0.2, 0.25) is 0 Å². The summed E-state index contributed by atoms with van der Waals surface area (Å²) >= 11 is 0. The molecule has 0 radical (unpaired) electrons. The van der Waals surface area contributed by atoms with Gasteiger partial charge in [-0.25, -0.2) is 4.98 Å². The monoisotopic (exact) mass is 208 g/mol. The molecule has 0 unspecified atom stereocenters. The average molecular weight is 208 g/mol. The Kier molecular flexibility index (Phi) is 4.60. The Morgan fingerprint density at radius 3 is 2.93 bits per heavy atom. The minimum Gasteiger partial charge on any atom is -0.466 e. The van der Waals surface area contributed by atoms with Crippen LogP contribution in [0.4, 0.5) is 5.82 Å². The second-order valence-corrected chi connectivity index (χ2v) is 3.03. The van der Waals surface area contributed by atoms with E-state index in [0.717, 1.165) is 18.1 Å². The first-order valence-electron chi connectivity index (χ1n) is 5.11. The molecule has 0 spiro atoms. The number of nitrogens with one attached hydrogen (secondary N) is 1. The minimum absolute atomic E-state index is 0.229. The molecule has 0 atom stereocenters. The number of hydrogen-bond donors (Lipinski definition) is 1. The van der Waals surface area contributed by atoms with E-state index in [4.69, 9.17) is 4.74 Å². The maximum absolute atomic E-state index is 11.2. The SMILES string of the molecule is CCNc1cccc(CC(=O)OCC)n1. The predicted molar refractivity (Wildman–Crippen MR) is 58.7 cm³/mol. The fraction of sp³-hybridized carbons (Fsp3) is 0.455. The molecule has 1 aromatic heterocycles. The zero-order valence-corrected chi connectivity index (χ0v) is 9.12. The van der Waals surface area contributed by atoms with E-state index in [9.17, 15) is 4.79 Å². The first kappa shape index (κ1) is 11.5. The molecule has 0 aliphatic rings.